The molecule has 1 aromatic heterocycles. The number of ether oxygens (including phenoxy) is 2. The fraction of sp³-hybridized carbons (Fsp3) is 0.400. The lowest BCUT2D eigenvalue weighted by molar-refractivity contribution is -0.151. The van der Waals surface area contributed by atoms with Crippen molar-refractivity contribution in [3.8, 4) is 11.3 Å². The third-order valence-electron chi connectivity index (χ3n) is 4.31. The Hall–Kier alpha value is -2.31. The van der Waals surface area contributed by atoms with Crippen molar-refractivity contribution in [2.75, 3.05) is 13.1 Å². The van der Waals surface area contributed by atoms with E-state index in [9.17, 15) is 9.59 Å². The molecule has 1 aromatic carbocycles. The number of hydrogen-bond acceptors (Lipinski definition) is 5. The zero-order chi connectivity index (χ0) is 19.6. The largest absolute Gasteiger partial charge is 0.449 e. The molecule has 0 aliphatic carbocycles. The second-order valence-corrected chi connectivity index (χ2v) is 7.10. The summed E-state index contributed by atoms with van der Waals surface area (Å²) in [6, 6.07) is 10.3. The van der Waals surface area contributed by atoms with E-state index in [2.05, 4.69) is 0 Å². The lowest BCUT2D eigenvalue weighted by atomic mass is 10.2. The molecule has 0 radical (unpaired) electrons. The second kappa shape index (κ2) is 8.15. The first kappa shape index (κ1) is 19.5. The van der Waals surface area contributed by atoms with Crippen molar-refractivity contribution in [3.05, 3.63) is 47.2 Å². The first-order valence-electron chi connectivity index (χ1n) is 8.85. The zero-order valence-electron chi connectivity index (χ0n) is 15.5. The summed E-state index contributed by atoms with van der Waals surface area (Å²) < 4.78 is 16.5. The topological polar surface area (TPSA) is 69.0 Å². The van der Waals surface area contributed by atoms with Crippen LogP contribution in [0.4, 0.5) is 0 Å². The third-order valence-corrected chi connectivity index (χ3v) is 4.64. The summed E-state index contributed by atoms with van der Waals surface area (Å²) in [5.74, 6) is -0.456. The number of benzene rings is 1. The van der Waals surface area contributed by atoms with E-state index in [0.29, 0.717) is 29.4 Å². The van der Waals surface area contributed by atoms with Crippen molar-refractivity contribution < 1.29 is 23.5 Å². The third kappa shape index (κ3) is 4.51. The Balaban J connectivity index is 1.65. The summed E-state index contributed by atoms with van der Waals surface area (Å²) in [5, 5.41) is 0.519. The molecule has 1 saturated heterocycles. The number of halogens is 1. The molecule has 2 heterocycles. The molecular weight excluding hydrogens is 370 g/mol. The predicted octanol–water partition coefficient (Wildman–Crippen LogP) is 3.78. The average molecular weight is 392 g/mol. The minimum atomic E-state index is -0.913. The van der Waals surface area contributed by atoms with Crippen LogP contribution in [-0.4, -0.2) is 48.2 Å². The van der Waals surface area contributed by atoms with Crippen LogP contribution in [0, 0.1) is 0 Å². The fourth-order valence-electron chi connectivity index (χ4n) is 3.14. The van der Waals surface area contributed by atoms with Gasteiger partial charge in [-0.05, 0) is 45.0 Å². The summed E-state index contributed by atoms with van der Waals surface area (Å²) in [5.41, 5.74) is 0.679. The first-order chi connectivity index (χ1) is 12.8. The van der Waals surface area contributed by atoms with Gasteiger partial charge in [0.2, 0.25) is 5.76 Å². The van der Waals surface area contributed by atoms with Crippen molar-refractivity contribution in [2.45, 2.75) is 39.1 Å². The molecule has 27 heavy (non-hydrogen) atoms. The van der Waals surface area contributed by atoms with Crippen LogP contribution in [0.1, 0.15) is 31.3 Å². The first-order valence-corrected chi connectivity index (χ1v) is 9.23. The van der Waals surface area contributed by atoms with Crippen molar-refractivity contribution in [1.82, 2.24) is 4.90 Å². The van der Waals surface area contributed by atoms with Gasteiger partial charge in [-0.2, -0.15) is 0 Å². The van der Waals surface area contributed by atoms with Gasteiger partial charge in [0, 0.05) is 18.7 Å². The highest BCUT2D eigenvalue weighted by Crippen LogP contribution is 2.29. The number of carbonyl (C=O) groups is 2. The highest BCUT2D eigenvalue weighted by Gasteiger charge is 2.31. The zero-order valence-corrected chi connectivity index (χ0v) is 16.2. The number of morpholine rings is 1. The van der Waals surface area contributed by atoms with Crippen LogP contribution in [0.2, 0.25) is 5.02 Å². The van der Waals surface area contributed by atoms with Crippen molar-refractivity contribution >= 4 is 23.5 Å². The van der Waals surface area contributed by atoms with Gasteiger partial charge in [0.05, 0.1) is 17.2 Å². The standard InChI is InChI=1S/C20H22ClNO5/c1-12-10-22(11-13(2)25-12)19(23)14(3)26-20(24)18-9-8-17(27-18)15-6-4-5-7-16(15)21/h4-9,12-14H,10-11H2,1-3H3/t12-,13+,14-/m0/s1. The van der Waals surface area contributed by atoms with Crippen LogP contribution >= 0.6 is 11.6 Å². The van der Waals surface area contributed by atoms with Crippen LogP contribution in [0.25, 0.3) is 11.3 Å². The maximum atomic E-state index is 12.6. The van der Waals surface area contributed by atoms with E-state index >= 15 is 0 Å². The van der Waals surface area contributed by atoms with Crippen molar-refractivity contribution in [1.29, 1.82) is 0 Å². The van der Waals surface area contributed by atoms with E-state index in [0.717, 1.165) is 0 Å². The summed E-state index contributed by atoms with van der Waals surface area (Å²) in [6.45, 7) is 6.32. The molecule has 0 bridgehead atoms. The monoisotopic (exact) mass is 391 g/mol. The van der Waals surface area contributed by atoms with Crippen LogP contribution in [0.3, 0.4) is 0 Å². The van der Waals surface area contributed by atoms with Gasteiger partial charge in [-0.25, -0.2) is 4.79 Å². The number of amides is 1. The van der Waals surface area contributed by atoms with Gasteiger partial charge in [-0.1, -0.05) is 23.7 Å². The second-order valence-electron chi connectivity index (χ2n) is 6.69. The normalized spacial score (nSPS) is 21.0. The van der Waals surface area contributed by atoms with E-state index < -0.39 is 12.1 Å². The molecule has 1 aliphatic heterocycles. The van der Waals surface area contributed by atoms with Gasteiger partial charge in [-0.3, -0.25) is 4.79 Å². The lowest BCUT2D eigenvalue weighted by Crippen LogP contribution is -2.51. The molecule has 1 amide bonds. The number of furan rings is 1. The van der Waals surface area contributed by atoms with Gasteiger partial charge >= 0.3 is 5.97 Å². The molecular formula is C20H22ClNO5. The van der Waals surface area contributed by atoms with E-state index in [1.54, 1.807) is 30.0 Å². The Bertz CT molecular complexity index is 823. The highest BCUT2D eigenvalue weighted by atomic mass is 35.5. The summed E-state index contributed by atoms with van der Waals surface area (Å²) in [6.07, 6.45) is -1.02. The van der Waals surface area contributed by atoms with Gasteiger partial charge in [-0.15, -0.1) is 0 Å². The van der Waals surface area contributed by atoms with Crippen molar-refractivity contribution in [2.24, 2.45) is 0 Å². The Morgan fingerprint density at radius 1 is 1.15 bits per heavy atom. The number of esters is 1. The SMILES string of the molecule is C[C@@H]1CN(C(=O)[C@H](C)OC(=O)c2ccc(-c3ccccc3Cl)o2)C[C@H](C)O1. The number of carbonyl (C=O) groups excluding carboxylic acids is 2. The van der Waals surface area contributed by atoms with E-state index in [-0.39, 0.29) is 23.9 Å². The van der Waals surface area contributed by atoms with E-state index in [4.69, 9.17) is 25.5 Å². The van der Waals surface area contributed by atoms with E-state index in [1.165, 1.54) is 6.07 Å². The number of nitrogens with zero attached hydrogens (tertiary/aromatic N) is 1. The lowest BCUT2D eigenvalue weighted by Gasteiger charge is -2.36. The van der Waals surface area contributed by atoms with Crippen LogP contribution in [0.15, 0.2) is 40.8 Å². The Morgan fingerprint density at radius 2 is 1.81 bits per heavy atom. The molecule has 0 unspecified atom stereocenters. The van der Waals surface area contributed by atoms with E-state index in [1.807, 2.05) is 26.0 Å². The summed E-state index contributed by atoms with van der Waals surface area (Å²) in [4.78, 5) is 26.6. The Kier molecular flexibility index (Phi) is 5.87. The van der Waals surface area contributed by atoms with Gasteiger partial charge in [0.15, 0.2) is 6.10 Å². The van der Waals surface area contributed by atoms with Crippen LogP contribution < -0.4 is 0 Å². The molecule has 2 aromatic rings. The summed E-state index contributed by atoms with van der Waals surface area (Å²) >= 11 is 6.15. The summed E-state index contributed by atoms with van der Waals surface area (Å²) in [7, 11) is 0. The van der Waals surface area contributed by atoms with Crippen LogP contribution in [0.5, 0.6) is 0 Å². The maximum absolute atomic E-state index is 12.6. The predicted molar refractivity (Wildman–Crippen MR) is 101 cm³/mol. The Morgan fingerprint density at radius 3 is 2.48 bits per heavy atom. The molecule has 1 aliphatic rings. The molecule has 7 heteroatoms. The molecule has 1 fully saturated rings. The average Bonchev–Trinajstić information content (AvgIpc) is 3.10. The molecule has 0 saturated carbocycles. The quantitative estimate of drug-likeness (QED) is 0.742. The van der Waals surface area contributed by atoms with Crippen molar-refractivity contribution in [3.63, 3.8) is 0 Å². The molecule has 144 valence electrons. The number of rotatable bonds is 4. The molecule has 3 atom stereocenters. The Labute approximate surface area is 163 Å². The molecule has 0 N–H and O–H groups in total. The van der Waals surface area contributed by atoms with Gasteiger partial charge in [0.1, 0.15) is 5.76 Å². The smallest absolute Gasteiger partial charge is 0.375 e. The highest BCUT2D eigenvalue weighted by molar-refractivity contribution is 6.33. The fourth-order valence-corrected chi connectivity index (χ4v) is 3.37. The van der Waals surface area contributed by atoms with Gasteiger partial charge < -0.3 is 18.8 Å². The molecule has 0 spiro atoms. The maximum Gasteiger partial charge on any atom is 0.375 e. The molecule has 3 rings (SSSR count). The number of hydrogen-bond donors (Lipinski definition) is 0. The molecule has 6 nitrogen and oxygen atoms in total. The van der Waals surface area contributed by atoms with Crippen LogP contribution in [-0.2, 0) is 14.3 Å². The van der Waals surface area contributed by atoms with Gasteiger partial charge in [0.25, 0.3) is 5.91 Å². The minimum Gasteiger partial charge on any atom is -0.449 e. The minimum absolute atomic E-state index is 0.0216.